The third kappa shape index (κ3) is 3.65. The molecule has 0 bridgehead atoms. The van der Waals surface area contributed by atoms with Gasteiger partial charge in [-0.2, -0.15) is 5.26 Å². The highest BCUT2D eigenvalue weighted by Gasteiger charge is 2.14. The zero-order valence-corrected chi connectivity index (χ0v) is 11.9. The van der Waals surface area contributed by atoms with Gasteiger partial charge < -0.3 is 4.90 Å². The van der Waals surface area contributed by atoms with Crippen LogP contribution in [0.4, 0.5) is 11.4 Å². The van der Waals surface area contributed by atoms with E-state index >= 15 is 0 Å². The van der Waals surface area contributed by atoms with Crippen molar-refractivity contribution in [3.05, 3.63) is 24.3 Å². The average Bonchev–Trinajstić information content (AvgIpc) is 2.48. The molecule has 0 saturated carbocycles. The van der Waals surface area contributed by atoms with Crippen molar-refractivity contribution in [2.75, 3.05) is 24.2 Å². The summed E-state index contributed by atoms with van der Waals surface area (Å²) in [5.74, 6) is 0. The highest BCUT2D eigenvalue weighted by atomic mass is 32.2. The summed E-state index contributed by atoms with van der Waals surface area (Å²) in [6, 6.07) is 8.13. The third-order valence-electron chi connectivity index (χ3n) is 3.16. The van der Waals surface area contributed by atoms with Crippen molar-refractivity contribution in [3.8, 4) is 6.19 Å². The molecule has 0 aliphatic carbocycles. The van der Waals surface area contributed by atoms with Crippen LogP contribution in [0, 0.1) is 11.5 Å². The number of piperidine rings is 1. The van der Waals surface area contributed by atoms with E-state index in [1.165, 1.54) is 31.0 Å². The van der Waals surface area contributed by atoms with E-state index in [1.54, 1.807) is 0 Å². The molecule has 0 unspecified atom stereocenters. The molecule has 0 atom stereocenters. The van der Waals surface area contributed by atoms with Gasteiger partial charge >= 0.3 is 0 Å². The summed E-state index contributed by atoms with van der Waals surface area (Å²) in [5.41, 5.74) is 2.09. The minimum Gasteiger partial charge on any atom is -0.370 e. The highest BCUT2D eigenvalue weighted by Crippen LogP contribution is 2.31. The molecule has 19 heavy (non-hydrogen) atoms. The fourth-order valence-electron chi connectivity index (χ4n) is 2.24. The molecule has 4 nitrogen and oxygen atoms in total. The quantitative estimate of drug-likeness (QED) is 0.390. The average molecular weight is 274 g/mol. The number of anilines is 1. The van der Waals surface area contributed by atoms with E-state index in [4.69, 9.17) is 5.26 Å². The number of rotatable bonds is 2. The molecule has 1 fully saturated rings. The maximum absolute atomic E-state index is 8.70. The van der Waals surface area contributed by atoms with Crippen LogP contribution in [0.15, 0.2) is 29.3 Å². The number of nitriles is 1. The molecule has 1 N–H and O–H groups in total. The SMILES string of the molecule is CSC(=Nc1ccccc1N1CCCCC1)NC#N. The van der Waals surface area contributed by atoms with E-state index in [0.29, 0.717) is 5.17 Å². The van der Waals surface area contributed by atoms with E-state index in [2.05, 4.69) is 21.3 Å². The van der Waals surface area contributed by atoms with Gasteiger partial charge in [-0.3, -0.25) is 5.32 Å². The molecule has 5 heteroatoms. The molecule has 0 spiro atoms. The predicted molar refractivity (Wildman–Crippen MR) is 81.9 cm³/mol. The number of hydrogen-bond acceptors (Lipinski definition) is 4. The molecule has 1 aromatic carbocycles. The number of aliphatic imine (C=N–C) groups is 1. The lowest BCUT2D eigenvalue weighted by molar-refractivity contribution is 0.578. The molecule has 1 aliphatic rings. The summed E-state index contributed by atoms with van der Waals surface area (Å²) in [6.07, 6.45) is 7.63. The lowest BCUT2D eigenvalue weighted by Crippen LogP contribution is -2.29. The van der Waals surface area contributed by atoms with E-state index in [-0.39, 0.29) is 0 Å². The van der Waals surface area contributed by atoms with E-state index in [1.807, 2.05) is 30.6 Å². The van der Waals surface area contributed by atoms with Crippen molar-refractivity contribution in [1.29, 1.82) is 5.26 Å². The summed E-state index contributed by atoms with van der Waals surface area (Å²) in [4.78, 5) is 6.93. The molecule has 1 heterocycles. The summed E-state index contributed by atoms with van der Waals surface area (Å²) in [6.45, 7) is 2.18. The number of thioether (sulfide) groups is 1. The first-order chi connectivity index (χ1) is 9.35. The summed E-state index contributed by atoms with van der Waals surface area (Å²) >= 11 is 1.44. The van der Waals surface area contributed by atoms with Crippen LogP contribution < -0.4 is 10.2 Å². The lowest BCUT2D eigenvalue weighted by atomic mass is 10.1. The van der Waals surface area contributed by atoms with Crippen molar-refractivity contribution in [3.63, 3.8) is 0 Å². The van der Waals surface area contributed by atoms with Crippen molar-refractivity contribution in [2.24, 2.45) is 4.99 Å². The van der Waals surface area contributed by atoms with Crippen molar-refractivity contribution >= 4 is 28.3 Å². The number of benzene rings is 1. The highest BCUT2D eigenvalue weighted by molar-refractivity contribution is 8.13. The summed E-state index contributed by atoms with van der Waals surface area (Å²) in [7, 11) is 0. The Bertz CT molecular complexity index is 486. The molecule has 1 aliphatic heterocycles. The first-order valence-corrected chi connectivity index (χ1v) is 7.69. The smallest absolute Gasteiger partial charge is 0.183 e. The second-order valence-corrected chi connectivity index (χ2v) is 5.19. The van der Waals surface area contributed by atoms with Gasteiger partial charge in [-0.1, -0.05) is 23.9 Å². The fraction of sp³-hybridized carbons (Fsp3) is 0.429. The van der Waals surface area contributed by atoms with E-state index < -0.39 is 0 Å². The molecule has 2 rings (SSSR count). The molecule has 1 aromatic rings. The van der Waals surface area contributed by atoms with Crippen LogP contribution >= 0.6 is 11.8 Å². The van der Waals surface area contributed by atoms with Crippen LogP contribution in [0.1, 0.15) is 19.3 Å². The maximum Gasteiger partial charge on any atom is 0.183 e. The first kappa shape index (κ1) is 13.8. The van der Waals surface area contributed by atoms with E-state index in [9.17, 15) is 0 Å². The number of nitrogens with zero attached hydrogens (tertiary/aromatic N) is 3. The van der Waals surface area contributed by atoms with Crippen LogP contribution in [0.2, 0.25) is 0 Å². The Morgan fingerprint density at radius 1 is 1.32 bits per heavy atom. The van der Waals surface area contributed by atoms with Crippen molar-refractivity contribution in [2.45, 2.75) is 19.3 Å². The monoisotopic (exact) mass is 274 g/mol. The first-order valence-electron chi connectivity index (χ1n) is 6.47. The Morgan fingerprint density at radius 2 is 2.05 bits per heavy atom. The minimum atomic E-state index is 0.631. The third-order valence-corrected chi connectivity index (χ3v) is 3.74. The summed E-state index contributed by atoms with van der Waals surface area (Å²) < 4.78 is 0. The Labute approximate surface area is 118 Å². The molecule has 0 amide bonds. The lowest BCUT2D eigenvalue weighted by Gasteiger charge is -2.29. The van der Waals surface area contributed by atoms with Gasteiger partial charge in [0.15, 0.2) is 11.4 Å². The van der Waals surface area contributed by atoms with E-state index in [0.717, 1.165) is 24.5 Å². The molecular weight excluding hydrogens is 256 g/mol. The minimum absolute atomic E-state index is 0.631. The van der Waals surface area contributed by atoms with Gasteiger partial charge in [-0.05, 0) is 37.7 Å². The Kier molecular flexibility index (Phi) is 5.10. The van der Waals surface area contributed by atoms with Crippen LogP contribution in [0.3, 0.4) is 0 Å². The molecule has 100 valence electrons. The van der Waals surface area contributed by atoms with Crippen LogP contribution in [0.25, 0.3) is 0 Å². The standard InChI is InChI=1S/C14H18N4S/c1-19-14(16-11-15)17-12-7-3-4-8-13(12)18-9-5-2-6-10-18/h3-4,7-8H,2,5-6,9-10H2,1H3,(H,16,17). The number of nitrogens with one attached hydrogen (secondary N) is 1. The van der Waals surface area contributed by atoms with Crippen molar-refractivity contribution in [1.82, 2.24) is 5.32 Å². The normalized spacial score (nSPS) is 16.0. The number of para-hydroxylation sites is 2. The van der Waals surface area contributed by atoms with Gasteiger partial charge in [0.1, 0.15) is 0 Å². The zero-order valence-electron chi connectivity index (χ0n) is 11.1. The largest absolute Gasteiger partial charge is 0.370 e. The van der Waals surface area contributed by atoms with Gasteiger partial charge in [0.05, 0.1) is 11.4 Å². The zero-order chi connectivity index (χ0) is 13.5. The molecule has 1 saturated heterocycles. The molecular formula is C14H18N4S. The van der Waals surface area contributed by atoms with Crippen LogP contribution in [-0.2, 0) is 0 Å². The van der Waals surface area contributed by atoms with Crippen molar-refractivity contribution < 1.29 is 0 Å². The molecule has 0 radical (unpaired) electrons. The number of amidine groups is 1. The van der Waals surface area contributed by atoms with Gasteiger partial charge in [0.25, 0.3) is 0 Å². The Morgan fingerprint density at radius 3 is 2.74 bits per heavy atom. The topological polar surface area (TPSA) is 51.4 Å². The van der Waals surface area contributed by atoms with Gasteiger partial charge in [0, 0.05) is 13.1 Å². The number of hydrogen-bond donors (Lipinski definition) is 1. The predicted octanol–water partition coefficient (Wildman–Crippen LogP) is 3.10. The van der Waals surface area contributed by atoms with Crippen LogP contribution in [0.5, 0.6) is 0 Å². The second kappa shape index (κ2) is 7.05. The van der Waals surface area contributed by atoms with Gasteiger partial charge in [-0.15, -0.1) is 0 Å². The second-order valence-electron chi connectivity index (χ2n) is 4.39. The fourth-order valence-corrected chi connectivity index (χ4v) is 2.58. The summed E-state index contributed by atoms with van der Waals surface area (Å²) in [5, 5.41) is 11.9. The Hall–Kier alpha value is -1.67. The molecule has 0 aromatic heterocycles. The van der Waals surface area contributed by atoms with Gasteiger partial charge in [0.2, 0.25) is 0 Å². The Balaban J connectivity index is 2.27. The van der Waals surface area contributed by atoms with Crippen LogP contribution in [-0.4, -0.2) is 24.5 Å². The maximum atomic E-state index is 8.70. The van der Waals surface area contributed by atoms with Gasteiger partial charge in [-0.25, -0.2) is 4.99 Å².